The van der Waals surface area contributed by atoms with Crippen LogP contribution in [0.15, 0.2) is 55.0 Å². The molecule has 0 fully saturated rings. The number of nitrogens with two attached hydrogens (primary N) is 1. The Morgan fingerprint density at radius 2 is 1.67 bits per heavy atom. The predicted octanol–water partition coefficient (Wildman–Crippen LogP) is 5.07. The number of amides is 3. The summed E-state index contributed by atoms with van der Waals surface area (Å²) in [5, 5.41) is 10.0. The number of carbonyl (C=O) groups excluding carboxylic acids is 2. The molecule has 0 spiro atoms. The number of benzene rings is 2. The van der Waals surface area contributed by atoms with Crippen molar-refractivity contribution in [1.29, 1.82) is 0 Å². The number of carbonyl (C=O) groups is 2. The summed E-state index contributed by atoms with van der Waals surface area (Å²) in [6.07, 6.45) is -7.35. The summed E-state index contributed by atoms with van der Waals surface area (Å²) in [6.45, 7) is -1.58. The van der Waals surface area contributed by atoms with Gasteiger partial charge in [0.05, 0.1) is 16.8 Å². The van der Waals surface area contributed by atoms with Crippen molar-refractivity contribution in [1.82, 2.24) is 19.9 Å². The zero-order valence-electron chi connectivity index (χ0n) is 19.3. The van der Waals surface area contributed by atoms with Gasteiger partial charge in [-0.3, -0.25) is 4.79 Å². The second-order valence-corrected chi connectivity index (χ2v) is 7.98. The molecule has 4 rings (SSSR count). The Labute approximate surface area is 213 Å². The normalized spacial score (nSPS) is 11.9. The van der Waals surface area contributed by atoms with Crippen LogP contribution in [0.3, 0.4) is 0 Å². The fourth-order valence-corrected chi connectivity index (χ4v) is 3.63. The number of nitrogens with one attached hydrogen (secondary N) is 3. The van der Waals surface area contributed by atoms with Gasteiger partial charge in [0.15, 0.2) is 11.6 Å². The van der Waals surface area contributed by atoms with E-state index < -0.39 is 47.9 Å². The minimum Gasteiger partial charge on any atom is -0.382 e. The van der Waals surface area contributed by atoms with Gasteiger partial charge in [-0.15, -0.1) is 0 Å². The Morgan fingerprint density at radius 1 is 0.974 bits per heavy atom. The van der Waals surface area contributed by atoms with Crippen LogP contribution in [0.2, 0.25) is 0 Å². The molecule has 5 N–H and O–H groups in total. The van der Waals surface area contributed by atoms with Crippen molar-refractivity contribution in [3.63, 3.8) is 0 Å². The molecule has 0 saturated carbocycles. The Morgan fingerprint density at radius 3 is 2.31 bits per heavy atom. The molecule has 204 valence electrons. The molecule has 0 aliphatic rings. The number of anilines is 3. The molecule has 0 radical (unpaired) electrons. The SMILES string of the molecule is Nc1ncnn2cc(C(=O)NCC(F)(F)F)c(-c3ccc(NC(=O)Nc4cccc(C(F)(F)F)c4F)cc3)c12. The van der Waals surface area contributed by atoms with E-state index in [-0.39, 0.29) is 33.7 Å². The zero-order chi connectivity index (χ0) is 28.5. The second kappa shape index (κ2) is 10.1. The largest absolute Gasteiger partial charge is 0.419 e. The van der Waals surface area contributed by atoms with Crippen molar-refractivity contribution >= 4 is 34.6 Å². The van der Waals surface area contributed by atoms with Crippen LogP contribution in [0.1, 0.15) is 15.9 Å². The van der Waals surface area contributed by atoms with Crippen molar-refractivity contribution in [2.75, 3.05) is 22.9 Å². The molecule has 9 nitrogen and oxygen atoms in total. The van der Waals surface area contributed by atoms with Gasteiger partial charge in [-0.1, -0.05) is 18.2 Å². The first kappa shape index (κ1) is 27.2. The van der Waals surface area contributed by atoms with Crippen LogP contribution in [0.4, 0.5) is 52.7 Å². The minimum atomic E-state index is -4.96. The lowest BCUT2D eigenvalue weighted by atomic mass is 10.0. The monoisotopic (exact) mass is 555 g/mol. The number of nitrogen functional groups attached to an aromatic ring is 1. The summed E-state index contributed by atoms with van der Waals surface area (Å²) in [5.74, 6) is -2.79. The van der Waals surface area contributed by atoms with E-state index in [0.717, 1.165) is 18.5 Å². The van der Waals surface area contributed by atoms with Gasteiger partial charge in [-0.25, -0.2) is 18.7 Å². The van der Waals surface area contributed by atoms with Crippen LogP contribution in [0, 0.1) is 5.82 Å². The van der Waals surface area contributed by atoms with Crippen LogP contribution < -0.4 is 21.7 Å². The highest BCUT2D eigenvalue weighted by Crippen LogP contribution is 2.35. The van der Waals surface area contributed by atoms with Crippen molar-refractivity contribution in [3.8, 4) is 11.1 Å². The Bertz CT molecular complexity index is 1550. The Kier molecular flexibility index (Phi) is 7.04. The smallest absolute Gasteiger partial charge is 0.382 e. The molecule has 16 heteroatoms. The molecule has 4 aromatic rings. The van der Waals surface area contributed by atoms with E-state index in [9.17, 15) is 40.3 Å². The molecule has 2 aromatic carbocycles. The van der Waals surface area contributed by atoms with Gasteiger partial charge in [0.25, 0.3) is 5.91 Å². The first-order valence-electron chi connectivity index (χ1n) is 10.8. The highest BCUT2D eigenvalue weighted by Gasteiger charge is 2.35. The number of nitrogens with zero attached hydrogens (tertiary/aromatic N) is 3. The van der Waals surface area contributed by atoms with E-state index in [1.807, 2.05) is 5.32 Å². The first-order valence-corrected chi connectivity index (χ1v) is 10.8. The molecule has 0 aliphatic carbocycles. The minimum absolute atomic E-state index is 0.0698. The average molecular weight is 555 g/mol. The maximum atomic E-state index is 14.2. The first-order chi connectivity index (χ1) is 18.2. The molecule has 0 aliphatic heterocycles. The molecule has 2 aromatic heterocycles. The number of hydrogen-bond acceptors (Lipinski definition) is 5. The topological polar surface area (TPSA) is 126 Å². The number of halogens is 7. The number of aromatic nitrogens is 3. The van der Waals surface area contributed by atoms with Crippen LogP contribution in [-0.4, -0.2) is 39.3 Å². The number of urea groups is 1. The van der Waals surface area contributed by atoms with Crippen LogP contribution in [-0.2, 0) is 6.18 Å². The van der Waals surface area contributed by atoms with E-state index >= 15 is 0 Å². The van der Waals surface area contributed by atoms with E-state index in [1.165, 1.54) is 35.0 Å². The summed E-state index contributed by atoms with van der Waals surface area (Å²) >= 11 is 0. The fourth-order valence-electron chi connectivity index (χ4n) is 3.63. The molecule has 3 amide bonds. The molecule has 0 unspecified atom stereocenters. The summed E-state index contributed by atoms with van der Waals surface area (Å²) in [6, 6.07) is 6.79. The lowest BCUT2D eigenvalue weighted by Crippen LogP contribution is -2.33. The van der Waals surface area contributed by atoms with Crippen molar-refractivity contribution < 1.29 is 40.3 Å². The van der Waals surface area contributed by atoms with Gasteiger partial charge >= 0.3 is 18.4 Å². The number of rotatable bonds is 5. The predicted molar refractivity (Wildman–Crippen MR) is 125 cm³/mol. The van der Waals surface area contributed by atoms with Gasteiger partial charge < -0.3 is 21.7 Å². The summed E-state index contributed by atoms with van der Waals surface area (Å²) in [7, 11) is 0. The quantitative estimate of drug-likeness (QED) is 0.256. The van der Waals surface area contributed by atoms with Crippen LogP contribution in [0.5, 0.6) is 0 Å². The van der Waals surface area contributed by atoms with Crippen LogP contribution in [0.25, 0.3) is 16.6 Å². The number of alkyl halides is 6. The molecule has 0 atom stereocenters. The summed E-state index contributed by atoms with van der Waals surface area (Å²) < 4.78 is 92.0. The average Bonchev–Trinajstić information content (AvgIpc) is 3.24. The van der Waals surface area contributed by atoms with Crippen molar-refractivity contribution in [2.45, 2.75) is 12.4 Å². The van der Waals surface area contributed by atoms with Gasteiger partial charge in [-0.2, -0.15) is 31.4 Å². The summed E-state index contributed by atoms with van der Waals surface area (Å²) in [5.41, 5.74) is 4.11. The second-order valence-electron chi connectivity index (χ2n) is 7.98. The Balaban J connectivity index is 1.59. The Hall–Kier alpha value is -4.89. The fraction of sp³-hybridized carbons (Fsp3) is 0.130. The van der Waals surface area contributed by atoms with Gasteiger partial charge in [0.1, 0.15) is 18.4 Å². The third-order valence-corrected chi connectivity index (χ3v) is 5.28. The number of hydrogen-bond donors (Lipinski definition) is 4. The molecular weight excluding hydrogens is 539 g/mol. The van der Waals surface area contributed by atoms with E-state index in [1.54, 1.807) is 5.32 Å². The molecule has 39 heavy (non-hydrogen) atoms. The summed E-state index contributed by atoms with van der Waals surface area (Å²) in [4.78, 5) is 28.7. The zero-order valence-corrected chi connectivity index (χ0v) is 19.3. The van der Waals surface area contributed by atoms with Gasteiger partial charge in [0.2, 0.25) is 0 Å². The highest BCUT2D eigenvalue weighted by molar-refractivity contribution is 6.07. The van der Waals surface area contributed by atoms with E-state index in [4.69, 9.17) is 5.73 Å². The third-order valence-electron chi connectivity index (χ3n) is 5.28. The molecule has 2 heterocycles. The maximum Gasteiger partial charge on any atom is 0.419 e. The molecular formula is C23H16F7N7O2. The van der Waals surface area contributed by atoms with Crippen molar-refractivity contribution in [2.24, 2.45) is 0 Å². The number of fused-ring (bicyclic) bond motifs is 1. The molecule has 0 saturated heterocycles. The molecule has 0 bridgehead atoms. The van der Waals surface area contributed by atoms with Gasteiger partial charge in [0, 0.05) is 17.4 Å². The lowest BCUT2D eigenvalue weighted by molar-refractivity contribution is -0.139. The van der Waals surface area contributed by atoms with Crippen molar-refractivity contribution in [3.05, 3.63) is 71.9 Å². The third kappa shape index (κ3) is 6.00. The van der Waals surface area contributed by atoms with Gasteiger partial charge in [-0.05, 0) is 29.8 Å². The van der Waals surface area contributed by atoms with E-state index in [0.29, 0.717) is 6.07 Å². The standard InChI is InChI=1S/C23H16F7N7O2/c24-17-14(23(28,29)30)2-1-3-15(17)36-21(39)35-12-6-4-11(5-7-12)16-13(20(38)32-9-22(25,26)27)8-37-18(16)19(31)33-10-34-37/h1-8,10H,9H2,(H,32,38)(H2,31,33,34)(H2,35,36,39). The maximum absolute atomic E-state index is 14.2. The lowest BCUT2D eigenvalue weighted by Gasteiger charge is -2.13. The van der Waals surface area contributed by atoms with E-state index in [2.05, 4.69) is 15.4 Å². The highest BCUT2D eigenvalue weighted by atomic mass is 19.4. The van der Waals surface area contributed by atoms with Crippen LogP contribution >= 0.6 is 0 Å².